The summed E-state index contributed by atoms with van der Waals surface area (Å²) in [5.74, 6) is -1.16. The van der Waals surface area contributed by atoms with E-state index in [0.717, 1.165) is 11.1 Å². The minimum absolute atomic E-state index is 0.0364. The molecule has 0 radical (unpaired) electrons. The highest BCUT2D eigenvalue weighted by molar-refractivity contribution is 6.30. The van der Waals surface area contributed by atoms with Gasteiger partial charge in [0.15, 0.2) is 11.9 Å². The number of carbonyl (C=O) groups excluding carboxylic acids is 3. The maximum absolute atomic E-state index is 12.3. The molecular formula is C21H22ClNO4. The number of carbonyl (C=O) groups is 3. The minimum atomic E-state index is -0.969. The fourth-order valence-electron chi connectivity index (χ4n) is 2.47. The van der Waals surface area contributed by atoms with Crippen LogP contribution in [0.1, 0.15) is 41.3 Å². The number of rotatable bonds is 7. The standard InChI is InChI=1S/C21H22ClNO4/c1-13-4-5-14(2)18(12-13)19(24)10-11-20(25)27-15(3)21(26)23-17-8-6-16(22)7-9-17/h4-9,12,15H,10-11H2,1-3H3,(H,23,26)/t15-/m1/s1. The summed E-state index contributed by atoms with van der Waals surface area (Å²) in [6, 6.07) is 12.2. The second-order valence-corrected chi connectivity index (χ2v) is 6.81. The van der Waals surface area contributed by atoms with E-state index < -0.39 is 18.0 Å². The number of benzene rings is 2. The molecule has 2 aromatic rings. The molecule has 6 heteroatoms. The molecule has 0 aliphatic rings. The molecule has 0 spiro atoms. The van der Waals surface area contributed by atoms with Crippen molar-refractivity contribution in [3.05, 3.63) is 64.2 Å². The number of nitrogens with one attached hydrogen (secondary N) is 1. The van der Waals surface area contributed by atoms with Crippen molar-refractivity contribution in [1.82, 2.24) is 0 Å². The number of esters is 1. The summed E-state index contributed by atoms with van der Waals surface area (Å²) in [4.78, 5) is 36.4. The van der Waals surface area contributed by atoms with Gasteiger partial charge in [0.2, 0.25) is 0 Å². The van der Waals surface area contributed by atoms with Crippen molar-refractivity contribution in [2.75, 3.05) is 5.32 Å². The van der Waals surface area contributed by atoms with Crippen LogP contribution in [0.5, 0.6) is 0 Å². The highest BCUT2D eigenvalue weighted by atomic mass is 35.5. The quantitative estimate of drug-likeness (QED) is 0.561. The molecule has 0 aliphatic carbocycles. The average Bonchev–Trinajstić information content (AvgIpc) is 2.63. The molecule has 1 amide bonds. The fraction of sp³-hybridized carbons (Fsp3) is 0.286. The maximum atomic E-state index is 12.3. The molecule has 0 aromatic heterocycles. The zero-order valence-electron chi connectivity index (χ0n) is 15.5. The van der Waals surface area contributed by atoms with Crippen molar-refractivity contribution in [2.45, 2.75) is 39.7 Å². The van der Waals surface area contributed by atoms with Crippen molar-refractivity contribution < 1.29 is 19.1 Å². The Morgan fingerprint density at radius 1 is 1.04 bits per heavy atom. The molecule has 0 saturated carbocycles. The second-order valence-electron chi connectivity index (χ2n) is 6.37. The van der Waals surface area contributed by atoms with Crippen LogP contribution in [0.3, 0.4) is 0 Å². The summed E-state index contributed by atoms with van der Waals surface area (Å²) in [7, 11) is 0. The first-order chi connectivity index (χ1) is 12.8. The summed E-state index contributed by atoms with van der Waals surface area (Å²) in [5.41, 5.74) is 3.02. The van der Waals surface area contributed by atoms with Gasteiger partial charge in [-0.25, -0.2) is 0 Å². The van der Waals surface area contributed by atoms with E-state index in [1.807, 2.05) is 32.0 Å². The molecule has 2 aromatic carbocycles. The Morgan fingerprint density at radius 3 is 2.37 bits per heavy atom. The van der Waals surface area contributed by atoms with Crippen LogP contribution in [0.25, 0.3) is 0 Å². The van der Waals surface area contributed by atoms with E-state index in [1.165, 1.54) is 6.92 Å². The van der Waals surface area contributed by atoms with Crippen LogP contribution in [0, 0.1) is 13.8 Å². The van der Waals surface area contributed by atoms with Gasteiger partial charge >= 0.3 is 5.97 Å². The largest absolute Gasteiger partial charge is 0.453 e. The Hall–Kier alpha value is -2.66. The van der Waals surface area contributed by atoms with Gasteiger partial charge in [-0.3, -0.25) is 14.4 Å². The summed E-state index contributed by atoms with van der Waals surface area (Å²) in [5, 5.41) is 3.19. The number of anilines is 1. The zero-order valence-corrected chi connectivity index (χ0v) is 16.3. The van der Waals surface area contributed by atoms with Crippen molar-refractivity contribution in [2.24, 2.45) is 0 Å². The predicted octanol–water partition coefficient (Wildman–Crippen LogP) is 4.49. The highest BCUT2D eigenvalue weighted by Crippen LogP contribution is 2.15. The van der Waals surface area contributed by atoms with E-state index >= 15 is 0 Å². The van der Waals surface area contributed by atoms with E-state index in [0.29, 0.717) is 16.3 Å². The summed E-state index contributed by atoms with van der Waals surface area (Å²) in [6.45, 7) is 5.25. The van der Waals surface area contributed by atoms with Gasteiger partial charge in [-0.05, 0) is 56.7 Å². The lowest BCUT2D eigenvalue weighted by Crippen LogP contribution is -2.30. The maximum Gasteiger partial charge on any atom is 0.307 e. The number of amides is 1. The molecule has 2 rings (SSSR count). The summed E-state index contributed by atoms with van der Waals surface area (Å²) >= 11 is 5.79. The minimum Gasteiger partial charge on any atom is -0.453 e. The van der Waals surface area contributed by atoms with Crippen LogP contribution in [0.15, 0.2) is 42.5 Å². The monoisotopic (exact) mass is 387 g/mol. The van der Waals surface area contributed by atoms with Crippen LogP contribution < -0.4 is 5.32 Å². The first-order valence-corrected chi connectivity index (χ1v) is 9.00. The Labute approximate surface area is 163 Å². The lowest BCUT2D eigenvalue weighted by molar-refractivity contribution is -0.153. The van der Waals surface area contributed by atoms with E-state index in [1.54, 1.807) is 24.3 Å². The molecule has 0 saturated heterocycles. The first-order valence-electron chi connectivity index (χ1n) is 8.62. The van der Waals surface area contributed by atoms with E-state index in [9.17, 15) is 14.4 Å². The van der Waals surface area contributed by atoms with Gasteiger partial charge in [-0.1, -0.05) is 29.3 Å². The smallest absolute Gasteiger partial charge is 0.307 e. The number of ether oxygens (including phenoxy) is 1. The molecule has 0 bridgehead atoms. The van der Waals surface area contributed by atoms with Crippen LogP contribution in [0.4, 0.5) is 5.69 Å². The number of hydrogen-bond acceptors (Lipinski definition) is 4. The molecule has 1 N–H and O–H groups in total. The van der Waals surface area contributed by atoms with Gasteiger partial charge in [-0.15, -0.1) is 0 Å². The normalized spacial score (nSPS) is 11.6. The second kappa shape index (κ2) is 9.33. The van der Waals surface area contributed by atoms with Gasteiger partial charge in [0.05, 0.1) is 6.42 Å². The Balaban J connectivity index is 1.83. The van der Waals surface area contributed by atoms with Gasteiger partial charge in [0, 0.05) is 22.7 Å². The molecular weight excluding hydrogens is 366 g/mol. The van der Waals surface area contributed by atoms with Crippen molar-refractivity contribution in [3.8, 4) is 0 Å². The van der Waals surface area contributed by atoms with Gasteiger partial charge in [0.1, 0.15) is 0 Å². The van der Waals surface area contributed by atoms with E-state index in [4.69, 9.17) is 16.3 Å². The molecule has 1 atom stereocenters. The third-order valence-corrected chi connectivity index (χ3v) is 4.29. The molecule has 0 unspecified atom stereocenters. The molecule has 27 heavy (non-hydrogen) atoms. The van der Waals surface area contributed by atoms with Gasteiger partial charge < -0.3 is 10.1 Å². The van der Waals surface area contributed by atoms with Crippen LogP contribution >= 0.6 is 11.6 Å². The lowest BCUT2D eigenvalue weighted by Gasteiger charge is -2.13. The van der Waals surface area contributed by atoms with Crippen LogP contribution in [-0.4, -0.2) is 23.8 Å². The number of aryl methyl sites for hydroxylation is 2. The SMILES string of the molecule is Cc1ccc(C)c(C(=O)CCC(=O)O[C@H](C)C(=O)Nc2ccc(Cl)cc2)c1. The van der Waals surface area contributed by atoms with Crippen molar-refractivity contribution in [3.63, 3.8) is 0 Å². The van der Waals surface area contributed by atoms with Gasteiger partial charge in [0.25, 0.3) is 5.91 Å². The average molecular weight is 388 g/mol. The predicted molar refractivity (Wildman–Crippen MR) is 105 cm³/mol. The number of Topliss-reactive ketones (excluding diaryl/α,β-unsaturated/α-hetero) is 1. The number of ketones is 1. The van der Waals surface area contributed by atoms with Gasteiger partial charge in [-0.2, -0.15) is 0 Å². The Bertz CT molecular complexity index is 846. The topological polar surface area (TPSA) is 72.5 Å². The molecule has 0 heterocycles. The van der Waals surface area contributed by atoms with Crippen molar-refractivity contribution >= 4 is 34.9 Å². The third kappa shape index (κ3) is 6.22. The number of hydrogen-bond donors (Lipinski definition) is 1. The molecule has 142 valence electrons. The van der Waals surface area contributed by atoms with E-state index in [2.05, 4.69) is 5.32 Å². The van der Waals surface area contributed by atoms with Crippen molar-refractivity contribution in [1.29, 1.82) is 0 Å². The van der Waals surface area contributed by atoms with E-state index in [-0.39, 0.29) is 18.6 Å². The highest BCUT2D eigenvalue weighted by Gasteiger charge is 2.19. The lowest BCUT2D eigenvalue weighted by atomic mass is 9.99. The molecule has 0 fully saturated rings. The third-order valence-electron chi connectivity index (χ3n) is 4.04. The van der Waals surface area contributed by atoms with Crippen LogP contribution in [0.2, 0.25) is 5.02 Å². The Morgan fingerprint density at radius 2 is 1.70 bits per heavy atom. The zero-order chi connectivity index (χ0) is 20.0. The molecule has 5 nitrogen and oxygen atoms in total. The first kappa shape index (κ1) is 20.6. The fourth-order valence-corrected chi connectivity index (χ4v) is 2.60. The summed E-state index contributed by atoms with van der Waals surface area (Å²) < 4.78 is 5.12. The molecule has 0 aliphatic heterocycles. The Kier molecular flexibility index (Phi) is 7.13. The number of halogens is 1. The van der Waals surface area contributed by atoms with Crippen LogP contribution in [-0.2, 0) is 14.3 Å². The summed E-state index contributed by atoms with van der Waals surface area (Å²) in [6.07, 6.45) is -1.01.